The summed E-state index contributed by atoms with van der Waals surface area (Å²) in [7, 11) is 0. The number of para-hydroxylation sites is 1. The predicted octanol–water partition coefficient (Wildman–Crippen LogP) is 4.68. The molecule has 6 nitrogen and oxygen atoms in total. The first-order valence-corrected chi connectivity index (χ1v) is 8.42. The number of hydrogen-bond acceptors (Lipinski definition) is 6. The quantitative estimate of drug-likeness (QED) is 0.432. The second-order valence-corrected chi connectivity index (χ2v) is 6.31. The van der Waals surface area contributed by atoms with Gasteiger partial charge in [0, 0.05) is 5.69 Å². The molecular weight excluding hydrogens is 360 g/mol. The number of hydrazone groups is 1. The zero-order valence-electron chi connectivity index (χ0n) is 12.8. The van der Waals surface area contributed by atoms with Crippen molar-refractivity contribution >= 4 is 51.6 Å². The second-order valence-electron chi connectivity index (χ2n) is 4.92. The number of hydrogen-bond donors (Lipinski definition) is 3. The van der Waals surface area contributed by atoms with Crippen molar-refractivity contribution in [3.8, 4) is 0 Å². The Morgan fingerprint density at radius 3 is 2.52 bits per heavy atom. The van der Waals surface area contributed by atoms with Crippen molar-refractivity contribution < 1.29 is 9.90 Å². The summed E-state index contributed by atoms with van der Waals surface area (Å²) in [4.78, 5) is 15.8. The van der Waals surface area contributed by atoms with Crippen LogP contribution in [-0.4, -0.2) is 22.3 Å². The number of rotatable bonds is 6. The van der Waals surface area contributed by atoms with E-state index in [1.807, 2.05) is 30.3 Å². The van der Waals surface area contributed by atoms with Crippen molar-refractivity contribution in [2.75, 3.05) is 10.7 Å². The molecule has 0 unspecified atom stereocenters. The summed E-state index contributed by atoms with van der Waals surface area (Å²) < 4.78 is 0. The average molecular weight is 373 g/mol. The van der Waals surface area contributed by atoms with Gasteiger partial charge in [-0.25, -0.2) is 9.78 Å². The van der Waals surface area contributed by atoms with Gasteiger partial charge in [-0.15, -0.1) is 0 Å². The molecule has 0 radical (unpaired) electrons. The van der Waals surface area contributed by atoms with Crippen LogP contribution in [0.4, 0.5) is 16.5 Å². The fourth-order valence-corrected chi connectivity index (χ4v) is 2.99. The number of halogens is 1. The third kappa shape index (κ3) is 4.56. The Hall–Kier alpha value is -2.90. The van der Waals surface area contributed by atoms with Crippen LogP contribution in [0.5, 0.6) is 0 Å². The first kappa shape index (κ1) is 16.9. The lowest BCUT2D eigenvalue weighted by Crippen LogP contribution is -1.96. The monoisotopic (exact) mass is 372 g/mol. The van der Waals surface area contributed by atoms with Crippen molar-refractivity contribution in [3.63, 3.8) is 0 Å². The zero-order chi connectivity index (χ0) is 17.6. The lowest BCUT2D eigenvalue weighted by Gasteiger charge is -2.00. The molecule has 0 amide bonds. The van der Waals surface area contributed by atoms with Gasteiger partial charge >= 0.3 is 5.97 Å². The SMILES string of the molecule is O=C(O)c1ccc(N/N=C\c2sc(Nc3ccccc3)nc2Cl)cc1. The maximum absolute atomic E-state index is 10.8. The van der Waals surface area contributed by atoms with E-state index >= 15 is 0 Å². The van der Waals surface area contributed by atoms with Crippen LogP contribution >= 0.6 is 22.9 Å². The van der Waals surface area contributed by atoms with Gasteiger partial charge in [-0.3, -0.25) is 5.43 Å². The molecule has 3 rings (SSSR count). The predicted molar refractivity (Wildman–Crippen MR) is 101 cm³/mol. The van der Waals surface area contributed by atoms with Crippen molar-refractivity contribution in [1.82, 2.24) is 4.98 Å². The molecular formula is C17H13ClN4O2S. The fourth-order valence-electron chi connectivity index (χ4n) is 1.94. The Balaban J connectivity index is 1.64. The molecule has 3 aromatic rings. The van der Waals surface area contributed by atoms with Crippen LogP contribution in [0.1, 0.15) is 15.2 Å². The third-order valence-electron chi connectivity index (χ3n) is 3.14. The van der Waals surface area contributed by atoms with Gasteiger partial charge in [-0.05, 0) is 36.4 Å². The second kappa shape index (κ2) is 7.78. The number of anilines is 3. The van der Waals surface area contributed by atoms with Gasteiger partial charge in [0.1, 0.15) is 0 Å². The first-order valence-electron chi connectivity index (χ1n) is 7.22. The Morgan fingerprint density at radius 2 is 1.84 bits per heavy atom. The average Bonchev–Trinajstić information content (AvgIpc) is 2.95. The molecule has 0 saturated carbocycles. The van der Waals surface area contributed by atoms with Gasteiger partial charge in [0.2, 0.25) is 0 Å². The molecule has 3 N–H and O–H groups in total. The minimum absolute atomic E-state index is 0.219. The zero-order valence-corrected chi connectivity index (χ0v) is 14.4. The van der Waals surface area contributed by atoms with Gasteiger partial charge in [0.25, 0.3) is 0 Å². The highest BCUT2D eigenvalue weighted by molar-refractivity contribution is 7.17. The summed E-state index contributed by atoms with van der Waals surface area (Å²) in [5.41, 5.74) is 4.64. The van der Waals surface area contributed by atoms with Gasteiger partial charge < -0.3 is 10.4 Å². The Bertz CT molecular complexity index is 895. The van der Waals surface area contributed by atoms with E-state index in [1.54, 1.807) is 18.3 Å². The van der Waals surface area contributed by atoms with Crippen LogP contribution in [0.2, 0.25) is 5.15 Å². The molecule has 25 heavy (non-hydrogen) atoms. The summed E-state index contributed by atoms with van der Waals surface area (Å²) in [6.45, 7) is 0. The minimum atomic E-state index is -0.968. The number of benzene rings is 2. The molecule has 0 bridgehead atoms. The molecule has 0 saturated heterocycles. The molecule has 0 aliphatic rings. The van der Waals surface area contributed by atoms with E-state index in [9.17, 15) is 4.79 Å². The molecule has 0 atom stereocenters. The van der Waals surface area contributed by atoms with Crippen LogP contribution in [0, 0.1) is 0 Å². The van der Waals surface area contributed by atoms with E-state index in [4.69, 9.17) is 16.7 Å². The lowest BCUT2D eigenvalue weighted by atomic mass is 10.2. The largest absolute Gasteiger partial charge is 0.478 e. The number of carboxylic acids is 1. The van der Waals surface area contributed by atoms with Gasteiger partial charge in [0.15, 0.2) is 10.3 Å². The highest BCUT2D eigenvalue weighted by Gasteiger charge is 2.07. The van der Waals surface area contributed by atoms with Crippen molar-refractivity contribution in [3.05, 3.63) is 70.2 Å². The highest BCUT2D eigenvalue weighted by Crippen LogP contribution is 2.27. The van der Waals surface area contributed by atoms with E-state index in [0.29, 0.717) is 20.8 Å². The summed E-state index contributed by atoms with van der Waals surface area (Å²) >= 11 is 7.50. The molecule has 8 heteroatoms. The van der Waals surface area contributed by atoms with Crippen LogP contribution in [0.25, 0.3) is 0 Å². The van der Waals surface area contributed by atoms with E-state index in [1.165, 1.54) is 23.5 Å². The maximum atomic E-state index is 10.8. The molecule has 0 spiro atoms. The molecule has 2 aromatic carbocycles. The lowest BCUT2D eigenvalue weighted by molar-refractivity contribution is 0.0697. The number of aromatic nitrogens is 1. The first-order chi connectivity index (χ1) is 12.1. The van der Waals surface area contributed by atoms with E-state index in [0.717, 1.165) is 5.69 Å². The fraction of sp³-hybridized carbons (Fsp3) is 0. The molecule has 0 aliphatic heterocycles. The number of aromatic carboxylic acids is 1. The van der Waals surface area contributed by atoms with Gasteiger partial charge in [-0.2, -0.15) is 5.10 Å². The molecule has 126 valence electrons. The number of thiazole rings is 1. The minimum Gasteiger partial charge on any atom is -0.478 e. The summed E-state index contributed by atoms with van der Waals surface area (Å²) in [5.74, 6) is -0.968. The highest BCUT2D eigenvalue weighted by atomic mass is 35.5. The molecule has 1 heterocycles. The van der Waals surface area contributed by atoms with E-state index in [-0.39, 0.29) is 5.56 Å². The summed E-state index contributed by atoms with van der Waals surface area (Å²) in [6, 6.07) is 15.9. The normalized spacial score (nSPS) is 10.8. The number of nitrogens with zero attached hydrogens (tertiary/aromatic N) is 2. The number of carbonyl (C=O) groups is 1. The Morgan fingerprint density at radius 1 is 1.12 bits per heavy atom. The van der Waals surface area contributed by atoms with Gasteiger partial charge in [-0.1, -0.05) is 41.1 Å². The smallest absolute Gasteiger partial charge is 0.335 e. The summed E-state index contributed by atoms with van der Waals surface area (Å²) in [6.07, 6.45) is 1.57. The van der Waals surface area contributed by atoms with Crippen LogP contribution in [-0.2, 0) is 0 Å². The third-order valence-corrected chi connectivity index (χ3v) is 4.45. The van der Waals surface area contributed by atoms with Crippen molar-refractivity contribution in [2.24, 2.45) is 5.10 Å². The van der Waals surface area contributed by atoms with Crippen LogP contribution in [0.3, 0.4) is 0 Å². The maximum Gasteiger partial charge on any atom is 0.335 e. The van der Waals surface area contributed by atoms with E-state index in [2.05, 4.69) is 20.8 Å². The van der Waals surface area contributed by atoms with Crippen LogP contribution in [0.15, 0.2) is 59.7 Å². The topological polar surface area (TPSA) is 86.6 Å². The number of carboxylic acid groups (broad SMARTS) is 1. The van der Waals surface area contributed by atoms with Crippen molar-refractivity contribution in [1.29, 1.82) is 0 Å². The molecule has 1 aromatic heterocycles. The standard InChI is InChI=1S/C17H13ClN4O2S/c18-15-14(25-17(21-15)20-12-4-2-1-3-5-12)10-19-22-13-8-6-11(7-9-13)16(23)24/h1-10,22H,(H,20,21)(H,23,24)/b19-10-. The summed E-state index contributed by atoms with van der Waals surface area (Å²) in [5, 5.41) is 17.2. The van der Waals surface area contributed by atoms with E-state index < -0.39 is 5.97 Å². The van der Waals surface area contributed by atoms with Gasteiger partial charge in [0.05, 0.1) is 22.3 Å². The Kier molecular flexibility index (Phi) is 5.27. The van der Waals surface area contributed by atoms with Crippen molar-refractivity contribution in [2.45, 2.75) is 0 Å². The van der Waals surface area contributed by atoms with Crippen LogP contribution < -0.4 is 10.7 Å². The molecule has 0 aliphatic carbocycles. The Labute approximate surface area is 152 Å². The number of nitrogens with one attached hydrogen (secondary N) is 2. The molecule has 0 fully saturated rings.